The van der Waals surface area contributed by atoms with E-state index in [1.54, 1.807) is 6.92 Å². The zero-order valence-corrected chi connectivity index (χ0v) is 20.4. The first-order chi connectivity index (χ1) is 15.5. The molecule has 1 aromatic rings. The third-order valence-electron chi connectivity index (χ3n) is 4.65. The van der Waals surface area contributed by atoms with E-state index in [-0.39, 0.29) is 5.91 Å². The molecule has 0 aliphatic rings. The molecule has 0 aliphatic carbocycles. The van der Waals surface area contributed by atoms with Gasteiger partial charge in [0, 0.05) is 57.0 Å². The number of nitrogens with one attached hydrogen (secondary N) is 2. The van der Waals surface area contributed by atoms with Gasteiger partial charge in [0.25, 0.3) is 0 Å². The molecule has 0 heterocycles. The average molecular weight is 470 g/mol. The highest BCUT2D eigenvalue weighted by Crippen LogP contribution is 2.13. The van der Waals surface area contributed by atoms with Crippen molar-refractivity contribution in [3.8, 4) is 0 Å². The van der Waals surface area contributed by atoms with E-state index in [4.69, 9.17) is 25.8 Å². The van der Waals surface area contributed by atoms with Crippen molar-refractivity contribution in [3.05, 3.63) is 42.0 Å². The highest BCUT2D eigenvalue weighted by molar-refractivity contribution is 6.18. The van der Waals surface area contributed by atoms with Crippen molar-refractivity contribution in [2.75, 3.05) is 77.1 Å². The number of anilines is 1. The largest absolute Gasteiger partial charge is 0.379 e. The van der Waals surface area contributed by atoms with Crippen LogP contribution in [0.3, 0.4) is 0 Å². The van der Waals surface area contributed by atoms with Crippen LogP contribution in [0.1, 0.15) is 25.3 Å². The van der Waals surface area contributed by atoms with E-state index in [1.807, 2.05) is 7.05 Å². The van der Waals surface area contributed by atoms with Crippen LogP contribution in [0.5, 0.6) is 0 Å². The summed E-state index contributed by atoms with van der Waals surface area (Å²) >= 11 is 5.78. The number of halogens is 1. The number of carbonyl (C=O) groups is 1. The minimum absolute atomic E-state index is 0.110. The quantitative estimate of drug-likeness (QED) is 0.174. The van der Waals surface area contributed by atoms with E-state index in [1.165, 1.54) is 11.3 Å². The van der Waals surface area contributed by atoms with Gasteiger partial charge in [0.15, 0.2) is 0 Å². The lowest BCUT2D eigenvalue weighted by Crippen LogP contribution is -2.25. The lowest BCUT2D eigenvalue weighted by molar-refractivity contribution is -0.117. The zero-order valence-electron chi connectivity index (χ0n) is 19.7. The number of benzene rings is 1. The van der Waals surface area contributed by atoms with Crippen LogP contribution in [0.15, 0.2) is 36.4 Å². The topological polar surface area (TPSA) is 72.1 Å². The van der Waals surface area contributed by atoms with Crippen molar-refractivity contribution in [2.45, 2.75) is 26.3 Å². The van der Waals surface area contributed by atoms with Crippen LogP contribution >= 0.6 is 11.6 Å². The third kappa shape index (κ3) is 14.4. The molecule has 1 rings (SSSR count). The third-order valence-corrected chi connectivity index (χ3v) is 4.82. The van der Waals surface area contributed by atoms with E-state index in [2.05, 4.69) is 46.4 Å². The molecule has 7 nitrogen and oxygen atoms in total. The maximum absolute atomic E-state index is 11.3. The summed E-state index contributed by atoms with van der Waals surface area (Å²) in [7, 11) is 2.05. The summed E-state index contributed by atoms with van der Waals surface area (Å²) in [5, 5.41) is 6.20. The lowest BCUT2D eigenvalue weighted by Gasteiger charge is -2.18. The Kier molecular flexibility index (Phi) is 16.8. The molecule has 0 aromatic heterocycles. The molecule has 32 heavy (non-hydrogen) atoms. The molecule has 0 saturated heterocycles. The minimum atomic E-state index is -0.110. The number of amides is 1. The van der Waals surface area contributed by atoms with E-state index in [9.17, 15) is 4.79 Å². The fourth-order valence-corrected chi connectivity index (χ4v) is 2.98. The molecule has 0 bridgehead atoms. The summed E-state index contributed by atoms with van der Waals surface area (Å²) in [5.41, 5.74) is 2.97. The predicted octanol–water partition coefficient (Wildman–Crippen LogP) is 2.97. The Morgan fingerprint density at radius 1 is 0.969 bits per heavy atom. The molecule has 1 aromatic carbocycles. The van der Waals surface area contributed by atoms with Crippen molar-refractivity contribution in [3.63, 3.8) is 0 Å². The van der Waals surface area contributed by atoms with Gasteiger partial charge in [-0.2, -0.15) is 0 Å². The first kappa shape index (κ1) is 28.4. The van der Waals surface area contributed by atoms with Crippen LogP contribution in [0.4, 0.5) is 5.69 Å². The van der Waals surface area contributed by atoms with E-state index in [0.29, 0.717) is 57.6 Å². The monoisotopic (exact) mass is 469 g/mol. The van der Waals surface area contributed by atoms with Gasteiger partial charge in [-0.3, -0.25) is 4.79 Å². The Labute approximate surface area is 198 Å². The van der Waals surface area contributed by atoms with Crippen molar-refractivity contribution in [2.24, 2.45) is 0 Å². The number of rotatable bonds is 20. The Morgan fingerprint density at radius 2 is 1.53 bits per heavy atom. The number of carbonyl (C=O) groups excluding carboxylic acids is 1. The Hall–Kier alpha value is -1.64. The molecule has 182 valence electrons. The molecular weight excluding hydrogens is 430 g/mol. The molecule has 0 aliphatic heterocycles. The maximum Gasteiger partial charge on any atom is 0.246 e. The second-order valence-corrected chi connectivity index (χ2v) is 7.91. The first-order valence-corrected chi connectivity index (χ1v) is 11.8. The van der Waals surface area contributed by atoms with Crippen LogP contribution in [-0.4, -0.2) is 78.1 Å². The Balaban J connectivity index is 1.84. The fraction of sp³-hybridized carbons (Fsp3) is 0.625. The highest BCUT2D eigenvalue weighted by atomic mass is 35.5. The van der Waals surface area contributed by atoms with Gasteiger partial charge in [-0.15, -0.1) is 11.6 Å². The van der Waals surface area contributed by atoms with Crippen molar-refractivity contribution >= 4 is 23.2 Å². The van der Waals surface area contributed by atoms with Gasteiger partial charge in [0.2, 0.25) is 5.91 Å². The highest BCUT2D eigenvalue weighted by Gasteiger charge is 2.01. The van der Waals surface area contributed by atoms with E-state index < -0.39 is 0 Å². The van der Waals surface area contributed by atoms with Gasteiger partial charge in [0.1, 0.15) is 0 Å². The zero-order chi connectivity index (χ0) is 23.4. The summed E-state index contributed by atoms with van der Waals surface area (Å²) in [6.45, 7) is 12.0. The molecular formula is C24H40ClN3O4. The van der Waals surface area contributed by atoms with Gasteiger partial charge >= 0.3 is 0 Å². The van der Waals surface area contributed by atoms with Gasteiger partial charge in [-0.1, -0.05) is 18.7 Å². The second kappa shape index (κ2) is 18.9. The Bertz CT molecular complexity index is 628. The maximum atomic E-state index is 11.3. The van der Waals surface area contributed by atoms with Crippen LogP contribution in [-0.2, 0) is 25.5 Å². The van der Waals surface area contributed by atoms with Gasteiger partial charge in [0.05, 0.1) is 26.4 Å². The average Bonchev–Trinajstić information content (AvgIpc) is 2.79. The molecule has 2 N–H and O–H groups in total. The van der Waals surface area contributed by atoms with Gasteiger partial charge in [-0.25, -0.2) is 0 Å². The van der Waals surface area contributed by atoms with Crippen LogP contribution < -0.4 is 15.5 Å². The summed E-state index contributed by atoms with van der Waals surface area (Å²) in [6, 6.07) is 8.54. The molecule has 0 atom stereocenters. The van der Waals surface area contributed by atoms with Crippen molar-refractivity contribution in [1.29, 1.82) is 0 Å². The fourth-order valence-electron chi connectivity index (χ4n) is 2.73. The predicted molar refractivity (Wildman–Crippen MR) is 132 cm³/mol. The van der Waals surface area contributed by atoms with Crippen molar-refractivity contribution in [1.82, 2.24) is 10.6 Å². The molecule has 0 fully saturated rings. The Morgan fingerprint density at radius 3 is 2.09 bits per heavy atom. The van der Waals surface area contributed by atoms with Crippen LogP contribution in [0.2, 0.25) is 0 Å². The molecule has 0 radical (unpaired) electrons. The SMILES string of the molecule is C=C(C)C(=O)NCCCOCCOCCOCCCNCc1ccc(N(C)CCCl)cc1. The van der Waals surface area contributed by atoms with Crippen LogP contribution in [0.25, 0.3) is 0 Å². The van der Waals surface area contributed by atoms with E-state index >= 15 is 0 Å². The van der Waals surface area contributed by atoms with Crippen LogP contribution in [0, 0.1) is 0 Å². The standard InChI is InChI=1S/C24H40ClN3O4/c1-21(2)24(29)27-12-5-15-31-17-19-32-18-16-30-14-4-11-26-20-22-6-8-23(9-7-22)28(3)13-10-25/h6-9,26H,1,4-5,10-20H2,2-3H3,(H,27,29). The normalized spacial score (nSPS) is 10.8. The van der Waals surface area contributed by atoms with Gasteiger partial charge < -0.3 is 29.7 Å². The molecule has 8 heteroatoms. The first-order valence-electron chi connectivity index (χ1n) is 11.3. The number of ether oxygens (including phenoxy) is 3. The number of hydrogen-bond donors (Lipinski definition) is 2. The number of hydrogen-bond acceptors (Lipinski definition) is 6. The summed E-state index contributed by atoms with van der Waals surface area (Å²) in [6.07, 6.45) is 1.73. The molecule has 0 saturated carbocycles. The number of nitrogens with zero attached hydrogens (tertiary/aromatic N) is 1. The summed E-state index contributed by atoms with van der Waals surface area (Å²) in [5.74, 6) is 0.517. The van der Waals surface area contributed by atoms with Crippen molar-refractivity contribution < 1.29 is 19.0 Å². The summed E-state index contributed by atoms with van der Waals surface area (Å²) in [4.78, 5) is 13.4. The second-order valence-electron chi connectivity index (χ2n) is 7.53. The lowest BCUT2D eigenvalue weighted by atomic mass is 10.2. The number of alkyl halides is 1. The minimum Gasteiger partial charge on any atom is -0.379 e. The molecule has 0 unspecified atom stereocenters. The smallest absolute Gasteiger partial charge is 0.246 e. The molecule has 0 spiro atoms. The van der Waals surface area contributed by atoms with E-state index in [0.717, 1.165) is 32.5 Å². The molecule has 1 amide bonds. The summed E-state index contributed by atoms with van der Waals surface area (Å²) < 4.78 is 16.5. The van der Waals surface area contributed by atoms with Gasteiger partial charge in [-0.05, 0) is 44.0 Å².